The Balaban J connectivity index is 1.10. The van der Waals surface area contributed by atoms with Crippen LogP contribution in [0.15, 0.2) is 91.0 Å². The Morgan fingerprint density at radius 2 is 1.53 bits per heavy atom. The van der Waals surface area contributed by atoms with Crippen LogP contribution in [0.25, 0.3) is 11.6 Å². The van der Waals surface area contributed by atoms with Crippen molar-refractivity contribution in [3.63, 3.8) is 0 Å². The quantitative estimate of drug-likeness (QED) is 0.154. The second kappa shape index (κ2) is 12.5. The zero-order valence-corrected chi connectivity index (χ0v) is 20.1. The van der Waals surface area contributed by atoms with Gasteiger partial charge in [-0.2, -0.15) is 0 Å². The average Bonchev–Trinajstić information content (AvgIpc) is 3.25. The molecule has 0 aromatic heterocycles. The van der Waals surface area contributed by atoms with E-state index >= 15 is 0 Å². The third-order valence-electron chi connectivity index (χ3n) is 6.02. The first-order valence-corrected chi connectivity index (χ1v) is 12.3. The third kappa shape index (κ3) is 7.12. The number of allylic oxidation sites excluding steroid dienone is 1. The molecule has 0 saturated heterocycles. The highest BCUT2D eigenvalue weighted by atomic mass is 16.5. The lowest BCUT2D eigenvalue weighted by molar-refractivity contribution is -0.123. The van der Waals surface area contributed by atoms with Gasteiger partial charge in [0.25, 0.3) is 11.8 Å². The van der Waals surface area contributed by atoms with E-state index in [-0.39, 0.29) is 17.6 Å². The van der Waals surface area contributed by atoms with Crippen molar-refractivity contribution < 1.29 is 19.1 Å². The van der Waals surface area contributed by atoms with Crippen LogP contribution in [0, 0.1) is 0 Å². The van der Waals surface area contributed by atoms with Crippen molar-refractivity contribution in [3.8, 4) is 5.75 Å². The molecule has 0 atom stereocenters. The summed E-state index contributed by atoms with van der Waals surface area (Å²) in [6.45, 7) is 0.643. The van der Waals surface area contributed by atoms with Crippen LogP contribution >= 0.6 is 0 Å². The minimum Gasteiger partial charge on any atom is -0.494 e. The van der Waals surface area contributed by atoms with Gasteiger partial charge in [0.2, 0.25) is 0 Å². The Bertz CT molecular complexity index is 1260. The molecule has 1 aliphatic heterocycles. The number of rotatable bonds is 12. The number of unbranched alkanes of at least 4 members (excludes halogenated alkanes) is 3. The predicted octanol–water partition coefficient (Wildman–Crippen LogP) is 5.80. The molecule has 1 heterocycles. The lowest BCUT2D eigenvalue weighted by atomic mass is 10.0. The minimum absolute atomic E-state index is 0.00845. The van der Waals surface area contributed by atoms with E-state index in [1.54, 1.807) is 18.2 Å². The number of ether oxygens (including phenoxy) is 1. The molecule has 3 aromatic rings. The van der Waals surface area contributed by atoms with Crippen molar-refractivity contribution in [1.29, 1.82) is 0 Å². The van der Waals surface area contributed by atoms with Crippen molar-refractivity contribution in [2.24, 2.45) is 0 Å². The first kappa shape index (κ1) is 24.9. The molecular formula is C31H29NO4. The fraction of sp³-hybridized carbons (Fsp3) is 0.194. The number of carbonyl (C=O) groups excluding carboxylic acids is 3. The molecule has 0 saturated carbocycles. The van der Waals surface area contributed by atoms with E-state index in [0.29, 0.717) is 23.3 Å². The summed E-state index contributed by atoms with van der Waals surface area (Å²) in [4.78, 5) is 35.2. The van der Waals surface area contributed by atoms with Crippen LogP contribution in [0.3, 0.4) is 0 Å². The minimum atomic E-state index is -0.378. The van der Waals surface area contributed by atoms with Crippen molar-refractivity contribution in [3.05, 3.63) is 113 Å². The maximum atomic E-state index is 12.2. The van der Waals surface area contributed by atoms with Gasteiger partial charge in [0.05, 0.1) is 12.2 Å². The molecule has 0 fully saturated rings. The van der Waals surface area contributed by atoms with Gasteiger partial charge in [-0.05, 0) is 54.2 Å². The van der Waals surface area contributed by atoms with E-state index in [0.717, 1.165) is 43.4 Å². The van der Waals surface area contributed by atoms with Gasteiger partial charge in [0, 0.05) is 11.6 Å². The Hall–Kier alpha value is -4.25. The molecule has 1 aliphatic rings. The lowest BCUT2D eigenvalue weighted by Crippen LogP contribution is -2.21. The van der Waals surface area contributed by atoms with Gasteiger partial charge in [-0.1, -0.05) is 85.6 Å². The van der Waals surface area contributed by atoms with Gasteiger partial charge in [0.15, 0.2) is 5.78 Å². The third-order valence-corrected chi connectivity index (χ3v) is 6.02. The van der Waals surface area contributed by atoms with Crippen LogP contribution in [0.1, 0.15) is 52.7 Å². The maximum Gasteiger partial charge on any atom is 0.258 e. The molecular weight excluding hydrogens is 450 g/mol. The first-order chi connectivity index (χ1) is 17.6. The molecule has 0 unspecified atom stereocenters. The Labute approximate surface area is 211 Å². The highest BCUT2D eigenvalue weighted by Crippen LogP contribution is 2.21. The second-order valence-electron chi connectivity index (χ2n) is 8.72. The molecule has 3 aromatic carbocycles. The molecule has 2 amide bonds. The van der Waals surface area contributed by atoms with Crippen molar-refractivity contribution in [2.45, 2.75) is 32.1 Å². The summed E-state index contributed by atoms with van der Waals surface area (Å²) in [7, 11) is 0. The SMILES string of the molecule is O=C1C=C(c2ccc(OCCCCCCc3ccc(C=CC(=O)c4ccccc4)cc3)cc2)C(=O)N1. The van der Waals surface area contributed by atoms with E-state index in [1.807, 2.05) is 48.5 Å². The van der Waals surface area contributed by atoms with Crippen molar-refractivity contribution >= 4 is 29.2 Å². The number of hydrogen-bond acceptors (Lipinski definition) is 4. The molecule has 1 N–H and O–H groups in total. The predicted molar refractivity (Wildman–Crippen MR) is 141 cm³/mol. The number of carbonyl (C=O) groups is 3. The molecule has 36 heavy (non-hydrogen) atoms. The standard InChI is InChI=1S/C31H29NO4/c33-29(26-9-5-3-6-10-26)20-15-24-13-11-23(12-14-24)8-4-1-2-7-21-36-27-18-16-25(17-19-27)28-22-30(34)32-31(28)35/h3,5-6,9-20,22H,1-2,4,7-8,21H2,(H,32,34,35). The summed E-state index contributed by atoms with van der Waals surface area (Å²) in [5.41, 5.74) is 4.10. The lowest BCUT2D eigenvalue weighted by Gasteiger charge is -2.07. The Morgan fingerprint density at radius 1 is 0.806 bits per heavy atom. The van der Waals surface area contributed by atoms with Crippen molar-refractivity contribution in [2.75, 3.05) is 6.61 Å². The van der Waals surface area contributed by atoms with E-state index in [4.69, 9.17) is 4.74 Å². The number of ketones is 1. The average molecular weight is 480 g/mol. The molecule has 0 aliphatic carbocycles. The number of nitrogens with one attached hydrogen (secondary N) is 1. The molecule has 0 radical (unpaired) electrons. The summed E-state index contributed by atoms with van der Waals surface area (Å²) in [5, 5.41) is 2.25. The summed E-state index contributed by atoms with van der Waals surface area (Å²) in [5.74, 6) is 0.0197. The van der Waals surface area contributed by atoms with Gasteiger partial charge >= 0.3 is 0 Å². The molecule has 0 bridgehead atoms. The number of amides is 2. The van der Waals surface area contributed by atoms with Crippen LogP contribution in [-0.4, -0.2) is 24.2 Å². The van der Waals surface area contributed by atoms with Gasteiger partial charge in [-0.25, -0.2) is 0 Å². The zero-order valence-electron chi connectivity index (χ0n) is 20.1. The van der Waals surface area contributed by atoms with Gasteiger partial charge in [0.1, 0.15) is 5.75 Å². The van der Waals surface area contributed by atoms with Gasteiger partial charge < -0.3 is 4.74 Å². The first-order valence-electron chi connectivity index (χ1n) is 12.3. The summed E-state index contributed by atoms with van der Waals surface area (Å²) < 4.78 is 5.80. The van der Waals surface area contributed by atoms with E-state index in [2.05, 4.69) is 29.6 Å². The zero-order chi connectivity index (χ0) is 25.2. The largest absolute Gasteiger partial charge is 0.494 e. The number of hydrogen-bond donors (Lipinski definition) is 1. The normalized spacial score (nSPS) is 13.1. The number of aryl methyl sites for hydroxylation is 1. The number of imide groups is 1. The highest BCUT2D eigenvalue weighted by Gasteiger charge is 2.21. The van der Waals surface area contributed by atoms with E-state index in [1.165, 1.54) is 11.6 Å². The highest BCUT2D eigenvalue weighted by molar-refractivity contribution is 6.33. The van der Waals surface area contributed by atoms with Gasteiger partial charge in [-0.3, -0.25) is 19.7 Å². The molecule has 182 valence electrons. The monoisotopic (exact) mass is 479 g/mol. The van der Waals surface area contributed by atoms with Crippen molar-refractivity contribution in [1.82, 2.24) is 5.32 Å². The number of benzene rings is 3. The molecule has 4 rings (SSSR count). The fourth-order valence-electron chi connectivity index (χ4n) is 4.00. The maximum absolute atomic E-state index is 12.2. The topological polar surface area (TPSA) is 72.5 Å². The summed E-state index contributed by atoms with van der Waals surface area (Å²) in [6.07, 6.45) is 10.1. The molecule has 5 nitrogen and oxygen atoms in total. The van der Waals surface area contributed by atoms with Crippen LogP contribution < -0.4 is 10.1 Å². The van der Waals surface area contributed by atoms with Gasteiger partial charge in [-0.15, -0.1) is 0 Å². The Morgan fingerprint density at radius 3 is 2.22 bits per heavy atom. The van der Waals surface area contributed by atoms with Crippen LogP contribution in [-0.2, 0) is 16.0 Å². The van der Waals surface area contributed by atoms with E-state index < -0.39 is 0 Å². The molecule has 0 spiro atoms. The summed E-state index contributed by atoms with van der Waals surface area (Å²) >= 11 is 0. The van der Waals surface area contributed by atoms with E-state index in [9.17, 15) is 14.4 Å². The van der Waals surface area contributed by atoms with Crippen LogP contribution in [0.2, 0.25) is 0 Å². The fourth-order valence-corrected chi connectivity index (χ4v) is 4.00. The second-order valence-corrected chi connectivity index (χ2v) is 8.72. The van der Waals surface area contributed by atoms with Crippen LogP contribution in [0.4, 0.5) is 0 Å². The van der Waals surface area contributed by atoms with Crippen LogP contribution in [0.5, 0.6) is 5.75 Å². The summed E-state index contributed by atoms with van der Waals surface area (Å²) in [6, 6.07) is 24.9. The Kier molecular flexibility index (Phi) is 8.60. The molecule has 5 heteroatoms. The smallest absolute Gasteiger partial charge is 0.258 e.